The number of carbonyl (C=O) groups excluding carboxylic acids is 1. The van der Waals surface area contributed by atoms with E-state index in [0.717, 1.165) is 18.4 Å². The summed E-state index contributed by atoms with van der Waals surface area (Å²) in [5.41, 5.74) is 7.66. The standard InChI is InChI=1S/C29H50N2O7/c1-19(2)22(14-21-8-9-26(35-6)27(15-21)37-11-7-10-34-5)16-24(30)25(32)17-23(20(3)4)29(33)31-28-18-36-12-13-38-28/h8-9,15,19-20,22-25,28,32H,7,10-14,16-18,30H2,1-6H3,(H,31,33)/t22-,23-,24-,25-,28?/m0/s1. The molecule has 1 aliphatic rings. The Hall–Kier alpha value is -1.91. The van der Waals surface area contributed by atoms with E-state index in [1.807, 2.05) is 32.0 Å². The molecule has 1 heterocycles. The molecule has 9 nitrogen and oxygen atoms in total. The lowest BCUT2D eigenvalue weighted by atomic mass is 9.81. The van der Waals surface area contributed by atoms with E-state index in [2.05, 4.69) is 19.2 Å². The zero-order valence-electron chi connectivity index (χ0n) is 24.1. The number of ether oxygens (including phenoxy) is 5. The lowest BCUT2D eigenvalue weighted by molar-refractivity contribution is -0.142. The van der Waals surface area contributed by atoms with E-state index in [1.165, 1.54) is 0 Å². The quantitative estimate of drug-likeness (QED) is 0.259. The first-order valence-electron chi connectivity index (χ1n) is 13.9. The molecule has 0 bridgehead atoms. The molecule has 1 aromatic rings. The van der Waals surface area contributed by atoms with E-state index >= 15 is 0 Å². The number of amides is 1. The molecular formula is C29H50N2O7. The second-order valence-electron chi connectivity index (χ2n) is 10.9. The van der Waals surface area contributed by atoms with Gasteiger partial charge in [-0.3, -0.25) is 4.79 Å². The minimum atomic E-state index is -0.798. The number of aliphatic hydroxyl groups excluding tert-OH is 1. The van der Waals surface area contributed by atoms with Gasteiger partial charge in [-0.1, -0.05) is 33.8 Å². The van der Waals surface area contributed by atoms with Gasteiger partial charge in [0, 0.05) is 32.1 Å². The van der Waals surface area contributed by atoms with E-state index in [1.54, 1.807) is 14.2 Å². The van der Waals surface area contributed by atoms with Gasteiger partial charge in [-0.2, -0.15) is 0 Å². The monoisotopic (exact) mass is 538 g/mol. The van der Waals surface area contributed by atoms with E-state index < -0.39 is 18.4 Å². The van der Waals surface area contributed by atoms with Crippen molar-refractivity contribution in [2.45, 2.75) is 71.8 Å². The SMILES string of the molecule is COCCCOc1cc(C[C@@H](C[C@H](N)[C@@H](O)C[C@H](C(=O)NC2COCCO2)C(C)C)C(C)C)ccc1OC. The van der Waals surface area contributed by atoms with E-state index in [9.17, 15) is 9.90 Å². The lowest BCUT2D eigenvalue weighted by Gasteiger charge is -2.31. The first kappa shape index (κ1) is 32.3. The molecule has 1 aliphatic heterocycles. The first-order chi connectivity index (χ1) is 18.2. The lowest BCUT2D eigenvalue weighted by Crippen LogP contribution is -2.48. The number of nitrogens with two attached hydrogens (primary N) is 1. The maximum absolute atomic E-state index is 13.0. The predicted octanol–water partition coefficient (Wildman–Crippen LogP) is 3.15. The fraction of sp³-hybridized carbons (Fsp3) is 0.759. The average molecular weight is 539 g/mol. The Morgan fingerprint density at radius 3 is 2.47 bits per heavy atom. The predicted molar refractivity (Wildman–Crippen MR) is 147 cm³/mol. The third kappa shape index (κ3) is 10.7. The van der Waals surface area contributed by atoms with Crippen LogP contribution in [-0.2, 0) is 25.4 Å². The highest BCUT2D eigenvalue weighted by Crippen LogP contribution is 2.31. The molecule has 38 heavy (non-hydrogen) atoms. The van der Waals surface area contributed by atoms with Gasteiger partial charge in [0.15, 0.2) is 17.7 Å². The number of methoxy groups -OCH3 is 2. The second-order valence-corrected chi connectivity index (χ2v) is 10.9. The largest absolute Gasteiger partial charge is 0.493 e. The van der Waals surface area contributed by atoms with Crippen LogP contribution >= 0.6 is 0 Å². The van der Waals surface area contributed by atoms with Gasteiger partial charge in [0.2, 0.25) is 5.91 Å². The normalized spacial score (nSPS) is 19.2. The van der Waals surface area contributed by atoms with Gasteiger partial charge in [0.05, 0.1) is 39.6 Å². The Kier molecular flexibility index (Phi) is 14.4. The summed E-state index contributed by atoms with van der Waals surface area (Å²) in [7, 11) is 3.31. The van der Waals surface area contributed by atoms with E-state index in [4.69, 9.17) is 29.4 Å². The van der Waals surface area contributed by atoms with Gasteiger partial charge < -0.3 is 39.8 Å². The molecule has 5 atom stereocenters. The molecule has 9 heteroatoms. The van der Waals surface area contributed by atoms with E-state index in [0.29, 0.717) is 63.3 Å². The van der Waals surface area contributed by atoms with Crippen LogP contribution in [0.3, 0.4) is 0 Å². The van der Waals surface area contributed by atoms with Gasteiger partial charge >= 0.3 is 0 Å². The molecule has 0 spiro atoms. The van der Waals surface area contributed by atoms with E-state index in [-0.39, 0.29) is 23.7 Å². The van der Waals surface area contributed by atoms with Crippen LogP contribution in [-0.4, -0.2) is 76.6 Å². The van der Waals surface area contributed by atoms with Crippen LogP contribution in [0.4, 0.5) is 0 Å². The Bertz CT molecular complexity index is 814. The average Bonchev–Trinajstić information content (AvgIpc) is 2.89. The molecule has 1 amide bonds. The molecule has 0 radical (unpaired) electrons. The third-order valence-electron chi connectivity index (χ3n) is 7.24. The summed E-state index contributed by atoms with van der Waals surface area (Å²) in [6.45, 7) is 10.8. The minimum absolute atomic E-state index is 0.0452. The second kappa shape index (κ2) is 16.9. The maximum Gasteiger partial charge on any atom is 0.225 e. The molecule has 1 unspecified atom stereocenters. The van der Waals surface area contributed by atoms with Gasteiger partial charge in [-0.15, -0.1) is 0 Å². The Balaban J connectivity index is 2.00. The highest BCUT2D eigenvalue weighted by atomic mass is 16.6. The van der Waals surface area contributed by atoms with Gasteiger partial charge in [0.25, 0.3) is 0 Å². The number of aliphatic hydroxyl groups is 1. The van der Waals surface area contributed by atoms with Crippen molar-refractivity contribution in [1.82, 2.24) is 5.32 Å². The van der Waals surface area contributed by atoms with Crippen molar-refractivity contribution in [3.63, 3.8) is 0 Å². The number of carbonyl (C=O) groups is 1. The molecule has 1 saturated heterocycles. The Labute approximate surface area is 228 Å². The fourth-order valence-corrected chi connectivity index (χ4v) is 4.70. The number of hydrogen-bond donors (Lipinski definition) is 3. The van der Waals surface area contributed by atoms with Crippen LogP contribution in [0.15, 0.2) is 18.2 Å². The zero-order valence-corrected chi connectivity index (χ0v) is 24.1. The molecule has 1 aromatic carbocycles. The molecule has 1 fully saturated rings. The number of hydrogen-bond acceptors (Lipinski definition) is 8. The number of nitrogens with one attached hydrogen (secondary N) is 1. The smallest absolute Gasteiger partial charge is 0.225 e. The summed E-state index contributed by atoms with van der Waals surface area (Å²) in [6, 6.07) is 5.56. The zero-order chi connectivity index (χ0) is 28.1. The first-order valence-corrected chi connectivity index (χ1v) is 13.9. The fourth-order valence-electron chi connectivity index (χ4n) is 4.70. The van der Waals surface area contributed by atoms with Crippen molar-refractivity contribution in [2.75, 3.05) is 47.3 Å². The van der Waals surface area contributed by atoms with Crippen molar-refractivity contribution >= 4 is 5.91 Å². The van der Waals surface area contributed by atoms with Crippen LogP contribution in [0.2, 0.25) is 0 Å². The molecule has 0 saturated carbocycles. The van der Waals surface area contributed by atoms with Crippen LogP contribution in [0.1, 0.15) is 52.5 Å². The topological polar surface area (TPSA) is 122 Å². The van der Waals surface area contributed by atoms with Crippen molar-refractivity contribution in [3.8, 4) is 11.5 Å². The van der Waals surface area contributed by atoms with Crippen molar-refractivity contribution in [3.05, 3.63) is 23.8 Å². The summed E-state index contributed by atoms with van der Waals surface area (Å²) >= 11 is 0. The van der Waals surface area contributed by atoms with Crippen LogP contribution < -0.4 is 20.5 Å². The molecule has 4 N–H and O–H groups in total. The van der Waals surface area contributed by atoms with Gasteiger partial charge in [-0.25, -0.2) is 0 Å². The van der Waals surface area contributed by atoms with Crippen molar-refractivity contribution < 1.29 is 33.6 Å². The van der Waals surface area contributed by atoms with Gasteiger partial charge in [-0.05, 0) is 54.7 Å². The number of benzene rings is 1. The van der Waals surface area contributed by atoms with Crippen LogP contribution in [0.5, 0.6) is 11.5 Å². The van der Waals surface area contributed by atoms with Crippen molar-refractivity contribution in [1.29, 1.82) is 0 Å². The summed E-state index contributed by atoms with van der Waals surface area (Å²) in [5.74, 6) is 1.54. The van der Waals surface area contributed by atoms with Crippen LogP contribution in [0.25, 0.3) is 0 Å². The molecular weight excluding hydrogens is 488 g/mol. The highest BCUT2D eigenvalue weighted by Gasteiger charge is 2.31. The maximum atomic E-state index is 13.0. The van der Waals surface area contributed by atoms with Crippen molar-refractivity contribution in [2.24, 2.45) is 29.4 Å². The molecule has 0 aromatic heterocycles. The van der Waals surface area contributed by atoms with Gasteiger partial charge in [0.1, 0.15) is 0 Å². The Morgan fingerprint density at radius 2 is 1.87 bits per heavy atom. The summed E-state index contributed by atoms with van der Waals surface area (Å²) in [6.07, 6.45) is 1.28. The Morgan fingerprint density at radius 1 is 1.11 bits per heavy atom. The molecule has 0 aliphatic carbocycles. The minimum Gasteiger partial charge on any atom is -0.493 e. The van der Waals surface area contributed by atoms with Crippen LogP contribution in [0, 0.1) is 23.7 Å². The highest BCUT2D eigenvalue weighted by molar-refractivity contribution is 5.79. The third-order valence-corrected chi connectivity index (χ3v) is 7.24. The molecule has 218 valence electrons. The summed E-state index contributed by atoms with van der Waals surface area (Å²) in [4.78, 5) is 13.0. The molecule has 2 rings (SSSR count). The summed E-state index contributed by atoms with van der Waals surface area (Å²) in [5, 5.41) is 13.9. The summed E-state index contributed by atoms with van der Waals surface area (Å²) < 4.78 is 27.5. The number of rotatable bonds is 17.